The van der Waals surface area contributed by atoms with Crippen LogP contribution in [0.3, 0.4) is 0 Å². The number of nitrogens with two attached hydrogens (primary N) is 1. The third kappa shape index (κ3) is 2.40. The van der Waals surface area contributed by atoms with Crippen molar-refractivity contribution in [1.82, 2.24) is 0 Å². The fourth-order valence-electron chi connectivity index (χ4n) is 1.71. The van der Waals surface area contributed by atoms with Crippen LogP contribution in [-0.4, -0.2) is 16.1 Å². The summed E-state index contributed by atoms with van der Waals surface area (Å²) in [5, 5.41) is 2.54. The Hall–Kier alpha value is -1.33. The molecule has 0 aliphatic heterocycles. The molecule has 1 atom stereocenters. The van der Waals surface area contributed by atoms with Gasteiger partial charge in [-0.2, -0.15) is 0 Å². The number of primary amides is 1. The van der Waals surface area contributed by atoms with E-state index in [1.807, 2.05) is 0 Å². The number of nitrogens with one attached hydrogen (secondary N) is 1. The van der Waals surface area contributed by atoms with Crippen LogP contribution in [0, 0.1) is 11.2 Å². The van der Waals surface area contributed by atoms with E-state index in [4.69, 9.17) is 28.9 Å². The van der Waals surface area contributed by atoms with Gasteiger partial charge in [-0.25, -0.2) is 4.39 Å². The van der Waals surface area contributed by atoms with E-state index in [9.17, 15) is 14.0 Å². The summed E-state index contributed by atoms with van der Waals surface area (Å²) in [6.07, 6.45) is 0.332. The lowest BCUT2D eigenvalue weighted by Crippen LogP contribution is -2.26. The van der Waals surface area contributed by atoms with Crippen LogP contribution in [0.2, 0.25) is 0 Å². The number of carbonyl (C=O) groups excluding carboxylic acids is 2. The van der Waals surface area contributed by atoms with Crippen LogP contribution in [0.5, 0.6) is 0 Å². The molecule has 0 heterocycles. The molecule has 2 amide bonds. The van der Waals surface area contributed by atoms with Crippen LogP contribution in [0.25, 0.3) is 0 Å². The highest BCUT2D eigenvalue weighted by Crippen LogP contribution is 2.64. The number of hydrogen-bond donors (Lipinski definition) is 2. The number of carbonyl (C=O) groups is 2. The SMILES string of the molecule is C[C@]1(C(=O)Nc2ccc(F)c(C(N)=O)c2)CC1(Cl)Cl. The van der Waals surface area contributed by atoms with E-state index >= 15 is 0 Å². The molecule has 4 nitrogen and oxygen atoms in total. The standard InChI is InChI=1S/C12H11Cl2FN2O2/c1-11(5-12(11,13)14)10(19)17-6-2-3-8(15)7(4-6)9(16)18/h2-4H,5H2,1H3,(H2,16,18)(H,17,19)/t11-/m1/s1. The van der Waals surface area contributed by atoms with Crippen molar-refractivity contribution in [3.63, 3.8) is 0 Å². The lowest BCUT2D eigenvalue weighted by molar-refractivity contribution is -0.120. The van der Waals surface area contributed by atoms with E-state index in [0.717, 1.165) is 6.07 Å². The molecule has 1 saturated carbocycles. The highest BCUT2D eigenvalue weighted by molar-refractivity contribution is 6.53. The number of anilines is 1. The fourth-order valence-corrected chi connectivity index (χ4v) is 2.41. The Bertz CT molecular complexity index is 577. The molecule has 0 bridgehead atoms. The average molecular weight is 305 g/mol. The number of halogens is 3. The predicted molar refractivity (Wildman–Crippen MR) is 70.7 cm³/mol. The lowest BCUT2D eigenvalue weighted by Gasteiger charge is -2.13. The quantitative estimate of drug-likeness (QED) is 0.842. The molecule has 7 heteroatoms. The van der Waals surface area contributed by atoms with Gasteiger partial charge in [0.1, 0.15) is 10.2 Å². The van der Waals surface area contributed by atoms with Crippen molar-refractivity contribution in [2.75, 3.05) is 5.32 Å². The van der Waals surface area contributed by atoms with Gasteiger partial charge in [0.15, 0.2) is 0 Å². The lowest BCUT2D eigenvalue weighted by atomic mass is 10.1. The maximum atomic E-state index is 13.3. The Morgan fingerprint density at radius 1 is 1.42 bits per heavy atom. The number of alkyl halides is 2. The Balaban J connectivity index is 2.19. The van der Waals surface area contributed by atoms with Crippen LogP contribution < -0.4 is 11.1 Å². The summed E-state index contributed by atoms with van der Waals surface area (Å²) in [7, 11) is 0. The van der Waals surface area contributed by atoms with Crippen molar-refractivity contribution < 1.29 is 14.0 Å². The van der Waals surface area contributed by atoms with E-state index in [-0.39, 0.29) is 17.2 Å². The van der Waals surface area contributed by atoms with Gasteiger partial charge >= 0.3 is 0 Å². The Labute approximate surface area is 119 Å². The van der Waals surface area contributed by atoms with Gasteiger partial charge in [0.25, 0.3) is 5.91 Å². The molecular formula is C12H11Cl2FN2O2. The number of amides is 2. The molecule has 1 aromatic rings. The zero-order valence-electron chi connectivity index (χ0n) is 9.97. The second-order valence-electron chi connectivity index (χ2n) is 4.73. The fraction of sp³-hybridized carbons (Fsp3) is 0.333. The molecule has 1 aromatic carbocycles. The van der Waals surface area contributed by atoms with Gasteiger partial charge in [-0.1, -0.05) is 0 Å². The van der Waals surface area contributed by atoms with Crippen LogP contribution in [-0.2, 0) is 4.79 Å². The smallest absolute Gasteiger partial charge is 0.251 e. The van der Waals surface area contributed by atoms with E-state index < -0.39 is 21.5 Å². The van der Waals surface area contributed by atoms with Gasteiger partial charge in [-0.15, -0.1) is 23.2 Å². The summed E-state index contributed by atoms with van der Waals surface area (Å²) >= 11 is 11.8. The second-order valence-corrected chi connectivity index (χ2v) is 6.21. The molecular weight excluding hydrogens is 294 g/mol. The minimum absolute atomic E-state index is 0.262. The van der Waals surface area contributed by atoms with Crippen molar-refractivity contribution >= 4 is 40.7 Å². The van der Waals surface area contributed by atoms with Crippen molar-refractivity contribution in [1.29, 1.82) is 0 Å². The van der Waals surface area contributed by atoms with Crippen LogP contribution in [0.4, 0.5) is 10.1 Å². The van der Waals surface area contributed by atoms with Crippen molar-refractivity contribution in [2.24, 2.45) is 11.1 Å². The summed E-state index contributed by atoms with van der Waals surface area (Å²) in [6, 6.07) is 3.56. The molecule has 1 aliphatic rings. The van der Waals surface area contributed by atoms with E-state index in [1.165, 1.54) is 12.1 Å². The largest absolute Gasteiger partial charge is 0.366 e. The molecule has 19 heavy (non-hydrogen) atoms. The predicted octanol–water partition coefficient (Wildman–Crippen LogP) is 2.45. The molecule has 0 unspecified atom stereocenters. The highest BCUT2D eigenvalue weighted by Gasteiger charge is 2.67. The van der Waals surface area contributed by atoms with Crippen molar-refractivity contribution in [2.45, 2.75) is 17.7 Å². The topological polar surface area (TPSA) is 72.2 Å². The van der Waals surface area contributed by atoms with Crippen LogP contribution in [0.1, 0.15) is 23.7 Å². The molecule has 1 fully saturated rings. The average Bonchev–Trinajstić information content (AvgIpc) is 2.82. The first-order valence-corrected chi connectivity index (χ1v) is 6.21. The van der Waals surface area contributed by atoms with E-state index in [2.05, 4.69) is 5.32 Å². The summed E-state index contributed by atoms with van der Waals surface area (Å²) < 4.78 is 12.2. The van der Waals surface area contributed by atoms with Crippen LogP contribution >= 0.6 is 23.2 Å². The van der Waals surface area contributed by atoms with Gasteiger partial charge in [0.05, 0.1) is 11.0 Å². The number of benzene rings is 1. The zero-order valence-corrected chi connectivity index (χ0v) is 11.5. The maximum absolute atomic E-state index is 13.3. The first kappa shape index (κ1) is 14.1. The molecule has 0 spiro atoms. The first-order chi connectivity index (χ1) is 8.67. The number of rotatable bonds is 3. The Morgan fingerprint density at radius 3 is 2.47 bits per heavy atom. The minimum Gasteiger partial charge on any atom is -0.366 e. The Kier molecular flexibility index (Phi) is 3.23. The van der Waals surface area contributed by atoms with Gasteiger partial charge in [-0.05, 0) is 31.5 Å². The molecule has 0 saturated heterocycles. The minimum atomic E-state index is -1.09. The van der Waals surface area contributed by atoms with Gasteiger partial charge in [0, 0.05) is 5.69 Å². The molecule has 0 aromatic heterocycles. The number of hydrogen-bond acceptors (Lipinski definition) is 2. The van der Waals surface area contributed by atoms with Crippen LogP contribution in [0.15, 0.2) is 18.2 Å². The first-order valence-electron chi connectivity index (χ1n) is 5.46. The summed E-state index contributed by atoms with van der Waals surface area (Å²) in [5.74, 6) is -2.04. The summed E-state index contributed by atoms with van der Waals surface area (Å²) in [6.45, 7) is 1.63. The molecule has 2 rings (SSSR count). The Morgan fingerprint density at radius 2 is 2.00 bits per heavy atom. The highest BCUT2D eigenvalue weighted by atomic mass is 35.5. The van der Waals surface area contributed by atoms with Gasteiger partial charge < -0.3 is 11.1 Å². The molecule has 102 valence electrons. The third-order valence-electron chi connectivity index (χ3n) is 3.25. The second kappa shape index (κ2) is 4.35. The zero-order chi connectivity index (χ0) is 14.4. The molecule has 0 radical (unpaired) electrons. The van der Waals surface area contributed by atoms with Gasteiger partial charge in [0.2, 0.25) is 5.91 Å². The summed E-state index contributed by atoms with van der Waals surface area (Å²) in [4.78, 5) is 23.0. The third-order valence-corrected chi connectivity index (χ3v) is 4.35. The normalized spacial score (nSPS) is 23.8. The van der Waals surface area contributed by atoms with Crippen molar-refractivity contribution in [3.05, 3.63) is 29.6 Å². The van der Waals surface area contributed by atoms with Gasteiger partial charge in [-0.3, -0.25) is 9.59 Å². The van der Waals surface area contributed by atoms with E-state index in [1.54, 1.807) is 6.92 Å². The maximum Gasteiger partial charge on any atom is 0.251 e. The van der Waals surface area contributed by atoms with Crippen molar-refractivity contribution in [3.8, 4) is 0 Å². The molecule has 3 N–H and O–H groups in total. The van der Waals surface area contributed by atoms with E-state index in [0.29, 0.717) is 6.42 Å². The summed E-state index contributed by atoms with van der Waals surface area (Å²) in [5.41, 5.74) is 4.10. The molecule has 1 aliphatic carbocycles. The monoisotopic (exact) mass is 304 g/mol.